The first-order chi connectivity index (χ1) is 18.9. The SMILES string of the molecule is CCCCNC(=O)[C@H](C)N(Cc1ccc(Cl)c(Cl)c1)C(=O)CN(c1ccc(C)c(C)c1)S(=O)(=O)c1ccccc1. The molecule has 0 spiro atoms. The zero-order chi connectivity index (χ0) is 29.4. The highest BCUT2D eigenvalue weighted by atomic mass is 35.5. The van der Waals surface area contributed by atoms with Crippen molar-refractivity contribution in [3.05, 3.63) is 93.5 Å². The third-order valence-electron chi connectivity index (χ3n) is 6.72. The molecule has 0 radical (unpaired) electrons. The molecule has 7 nitrogen and oxygen atoms in total. The monoisotopic (exact) mass is 603 g/mol. The van der Waals surface area contributed by atoms with E-state index in [2.05, 4.69) is 5.32 Å². The lowest BCUT2D eigenvalue weighted by Crippen LogP contribution is -2.51. The minimum Gasteiger partial charge on any atom is -0.354 e. The first-order valence-electron chi connectivity index (χ1n) is 13.1. The molecule has 1 N–H and O–H groups in total. The van der Waals surface area contributed by atoms with Gasteiger partial charge in [-0.1, -0.05) is 66.9 Å². The molecule has 2 amide bonds. The molecule has 3 aromatic rings. The van der Waals surface area contributed by atoms with Crippen LogP contribution in [0, 0.1) is 13.8 Å². The van der Waals surface area contributed by atoms with Crippen molar-refractivity contribution in [3.63, 3.8) is 0 Å². The maximum Gasteiger partial charge on any atom is 0.264 e. The van der Waals surface area contributed by atoms with Gasteiger partial charge in [0.2, 0.25) is 11.8 Å². The Morgan fingerprint density at radius 1 is 0.925 bits per heavy atom. The Kier molecular flexibility index (Phi) is 11.0. The van der Waals surface area contributed by atoms with Crippen LogP contribution in [-0.4, -0.2) is 44.3 Å². The molecule has 0 saturated heterocycles. The van der Waals surface area contributed by atoms with E-state index in [1.54, 1.807) is 55.5 Å². The summed E-state index contributed by atoms with van der Waals surface area (Å²) >= 11 is 12.3. The molecule has 40 heavy (non-hydrogen) atoms. The van der Waals surface area contributed by atoms with Gasteiger partial charge in [0.05, 0.1) is 20.6 Å². The second-order valence-electron chi connectivity index (χ2n) is 9.68. The molecule has 0 aliphatic rings. The van der Waals surface area contributed by atoms with E-state index in [1.165, 1.54) is 17.0 Å². The van der Waals surface area contributed by atoms with Gasteiger partial charge in [-0.15, -0.1) is 0 Å². The van der Waals surface area contributed by atoms with Crippen LogP contribution in [0.2, 0.25) is 10.0 Å². The van der Waals surface area contributed by atoms with Crippen molar-refractivity contribution < 1.29 is 18.0 Å². The predicted molar refractivity (Wildman–Crippen MR) is 161 cm³/mol. The van der Waals surface area contributed by atoms with Crippen molar-refractivity contribution in [2.45, 2.75) is 58.0 Å². The van der Waals surface area contributed by atoms with Crippen molar-refractivity contribution in [2.24, 2.45) is 0 Å². The topological polar surface area (TPSA) is 86.8 Å². The van der Waals surface area contributed by atoms with Gasteiger partial charge >= 0.3 is 0 Å². The first-order valence-corrected chi connectivity index (χ1v) is 15.3. The van der Waals surface area contributed by atoms with E-state index in [4.69, 9.17) is 23.2 Å². The Bertz CT molecular complexity index is 1450. The number of hydrogen-bond donors (Lipinski definition) is 1. The van der Waals surface area contributed by atoms with Crippen LogP contribution >= 0.6 is 23.2 Å². The van der Waals surface area contributed by atoms with Crippen LogP contribution in [0.5, 0.6) is 0 Å². The van der Waals surface area contributed by atoms with Crippen molar-refractivity contribution in [1.82, 2.24) is 10.2 Å². The van der Waals surface area contributed by atoms with Gasteiger partial charge in [-0.05, 0) is 80.3 Å². The van der Waals surface area contributed by atoms with Crippen LogP contribution in [0.4, 0.5) is 5.69 Å². The van der Waals surface area contributed by atoms with Gasteiger partial charge in [-0.3, -0.25) is 13.9 Å². The summed E-state index contributed by atoms with van der Waals surface area (Å²) in [6.07, 6.45) is 1.71. The number of amides is 2. The van der Waals surface area contributed by atoms with Crippen molar-refractivity contribution in [1.29, 1.82) is 0 Å². The summed E-state index contributed by atoms with van der Waals surface area (Å²) in [4.78, 5) is 28.4. The fraction of sp³-hybridized carbons (Fsp3) is 0.333. The van der Waals surface area contributed by atoms with Crippen molar-refractivity contribution in [3.8, 4) is 0 Å². The molecule has 0 unspecified atom stereocenters. The van der Waals surface area contributed by atoms with E-state index < -0.39 is 28.5 Å². The van der Waals surface area contributed by atoms with Crippen LogP contribution in [-0.2, 0) is 26.2 Å². The predicted octanol–water partition coefficient (Wildman–Crippen LogP) is 6.14. The number of carbonyl (C=O) groups is 2. The van der Waals surface area contributed by atoms with Gasteiger partial charge in [-0.2, -0.15) is 0 Å². The molecule has 10 heteroatoms. The molecule has 0 aliphatic heterocycles. The Morgan fingerprint density at radius 3 is 2.25 bits per heavy atom. The average molecular weight is 605 g/mol. The van der Waals surface area contributed by atoms with E-state index in [0.717, 1.165) is 28.3 Å². The molecule has 0 heterocycles. The summed E-state index contributed by atoms with van der Waals surface area (Å²) in [7, 11) is -4.11. The average Bonchev–Trinajstić information content (AvgIpc) is 2.93. The van der Waals surface area contributed by atoms with Gasteiger partial charge in [0.15, 0.2) is 0 Å². The van der Waals surface area contributed by atoms with Crippen molar-refractivity contribution in [2.75, 3.05) is 17.4 Å². The van der Waals surface area contributed by atoms with E-state index in [1.807, 2.05) is 26.8 Å². The third-order valence-corrected chi connectivity index (χ3v) is 9.25. The second-order valence-corrected chi connectivity index (χ2v) is 12.4. The van der Waals surface area contributed by atoms with Crippen LogP contribution in [0.1, 0.15) is 43.4 Å². The number of aryl methyl sites for hydroxylation is 2. The second kappa shape index (κ2) is 14.0. The number of unbranched alkanes of at least 4 members (excludes halogenated alkanes) is 1. The Labute approximate surface area is 247 Å². The van der Waals surface area contributed by atoms with E-state index in [-0.39, 0.29) is 17.3 Å². The number of hydrogen-bond acceptors (Lipinski definition) is 4. The summed E-state index contributed by atoms with van der Waals surface area (Å²) in [5.74, 6) is -0.868. The van der Waals surface area contributed by atoms with Gasteiger partial charge in [0, 0.05) is 13.1 Å². The molecule has 0 aliphatic carbocycles. The van der Waals surface area contributed by atoms with Crippen LogP contribution in [0.3, 0.4) is 0 Å². The number of nitrogens with one attached hydrogen (secondary N) is 1. The van der Waals surface area contributed by atoms with E-state index in [0.29, 0.717) is 27.8 Å². The number of halogens is 2. The summed E-state index contributed by atoms with van der Waals surface area (Å²) < 4.78 is 28.8. The molecule has 0 bridgehead atoms. The fourth-order valence-electron chi connectivity index (χ4n) is 4.08. The first kappa shape index (κ1) is 31.5. The summed E-state index contributed by atoms with van der Waals surface area (Å²) in [5, 5.41) is 3.55. The van der Waals surface area contributed by atoms with E-state index in [9.17, 15) is 18.0 Å². The van der Waals surface area contributed by atoms with Crippen molar-refractivity contribution >= 4 is 50.7 Å². The Hall–Kier alpha value is -3.07. The lowest BCUT2D eigenvalue weighted by Gasteiger charge is -2.32. The maximum absolute atomic E-state index is 14.0. The largest absolute Gasteiger partial charge is 0.354 e. The minimum atomic E-state index is -4.11. The normalized spacial score (nSPS) is 12.1. The van der Waals surface area contributed by atoms with Gasteiger partial charge < -0.3 is 10.2 Å². The number of benzene rings is 3. The third kappa shape index (κ3) is 7.77. The molecule has 3 aromatic carbocycles. The standard InChI is InChI=1S/C30H35Cl2N3O4S/c1-5-6-16-33-30(37)23(4)34(19-24-13-15-27(31)28(32)18-24)29(36)20-35(25-14-12-21(2)22(3)17-25)40(38,39)26-10-8-7-9-11-26/h7-15,17-18,23H,5-6,16,19-20H2,1-4H3,(H,33,37)/t23-/m0/s1. The highest BCUT2D eigenvalue weighted by Crippen LogP contribution is 2.27. The number of nitrogens with zero attached hydrogens (tertiary/aromatic N) is 2. The van der Waals surface area contributed by atoms with Gasteiger partial charge in [0.25, 0.3) is 10.0 Å². The van der Waals surface area contributed by atoms with Crippen LogP contribution in [0.25, 0.3) is 0 Å². The minimum absolute atomic E-state index is 0.0320. The number of sulfonamides is 1. The molecule has 0 saturated carbocycles. The smallest absolute Gasteiger partial charge is 0.264 e. The summed E-state index contributed by atoms with van der Waals surface area (Å²) in [6, 6.07) is 17.3. The highest BCUT2D eigenvalue weighted by Gasteiger charge is 2.32. The lowest BCUT2D eigenvalue weighted by atomic mass is 10.1. The highest BCUT2D eigenvalue weighted by molar-refractivity contribution is 7.92. The molecule has 1 atom stereocenters. The molecule has 0 fully saturated rings. The molecular weight excluding hydrogens is 569 g/mol. The van der Waals surface area contributed by atoms with Crippen LogP contribution < -0.4 is 9.62 Å². The maximum atomic E-state index is 14.0. The molecular formula is C30H35Cl2N3O4S. The zero-order valence-electron chi connectivity index (χ0n) is 23.2. The Balaban J connectivity index is 2.02. The van der Waals surface area contributed by atoms with Crippen LogP contribution in [0.15, 0.2) is 71.6 Å². The molecule has 3 rings (SSSR count). The van der Waals surface area contributed by atoms with E-state index >= 15 is 0 Å². The van der Waals surface area contributed by atoms with Gasteiger partial charge in [0.1, 0.15) is 12.6 Å². The summed E-state index contributed by atoms with van der Waals surface area (Å²) in [5.41, 5.74) is 2.88. The fourth-order valence-corrected chi connectivity index (χ4v) is 5.83. The summed E-state index contributed by atoms with van der Waals surface area (Å²) in [6.45, 7) is 7.46. The lowest BCUT2D eigenvalue weighted by molar-refractivity contribution is -0.139. The van der Waals surface area contributed by atoms with Gasteiger partial charge in [-0.25, -0.2) is 8.42 Å². The Morgan fingerprint density at radius 2 is 1.62 bits per heavy atom. The quantitative estimate of drug-likeness (QED) is 0.252. The number of anilines is 1. The molecule has 0 aromatic heterocycles. The number of rotatable bonds is 12. The molecule has 214 valence electrons. The number of carbonyl (C=O) groups excluding carboxylic acids is 2. The zero-order valence-corrected chi connectivity index (χ0v) is 25.5.